The first-order valence-corrected chi connectivity index (χ1v) is 20.7. The van der Waals surface area contributed by atoms with Crippen LogP contribution in [0.1, 0.15) is 25.0 Å². The zero-order valence-corrected chi connectivity index (χ0v) is 33.3. The lowest BCUT2D eigenvalue weighted by atomic mass is 9.79. The predicted octanol–water partition coefficient (Wildman–Crippen LogP) is 16.3. The third-order valence-corrected chi connectivity index (χ3v) is 12.7. The molecule has 3 heteroatoms. The van der Waals surface area contributed by atoms with Gasteiger partial charge in [0, 0.05) is 38.5 Å². The summed E-state index contributed by atoms with van der Waals surface area (Å²) in [6.45, 7) is 4.71. The maximum Gasteiger partial charge on any atom is 0.145 e. The van der Waals surface area contributed by atoms with E-state index in [0.717, 1.165) is 83.2 Å². The third-order valence-electron chi connectivity index (χ3n) is 12.7. The number of rotatable bonds is 6. The van der Waals surface area contributed by atoms with Crippen LogP contribution in [0.5, 0.6) is 0 Å². The van der Waals surface area contributed by atoms with Crippen molar-refractivity contribution in [2.45, 2.75) is 19.3 Å². The van der Waals surface area contributed by atoms with Crippen molar-refractivity contribution in [1.82, 2.24) is 0 Å². The zero-order chi connectivity index (χ0) is 40.0. The highest BCUT2D eigenvalue weighted by Gasteiger charge is 2.37. The minimum atomic E-state index is -0.113. The van der Waals surface area contributed by atoms with Crippen LogP contribution in [0.25, 0.3) is 88.4 Å². The Labute approximate surface area is 348 Å². The van der Waals surface area contributed by atoms with Gasteiger partial charge < -0.3 is 13.7 Å². The molecule has 0 unspecified atom stereocenters. The number of fused-ring (bicyclic) bond motifs is 9. The summed E-state index contributed by atoms with van der Waals surface area (Å²) < 4.78 is 13.0. The zero-order valence-electron chi connectivity index (χ0n) is 33.3. The molecule has 1 aliphatic rings. The summed E-state index contributed by atoms with van der Waals surface area (Å²) in [7, 11) is 0. The van der Waals surface area contributed by atoms with Crippen molar-refractivity contribution >= 4 is 60.9 Å². The van der Waals surface area contributed by atoms with Gasteiger partial charge in [0.1, 0.15) is 22.3 Å². The number of para-hydroxylation sites is 2. The predicted molar refractivity (Wildman–Crippen MR) is 250 cm³/mol. The van der Waals surface area contributed by atoms with Crippen LogP contribution in [0.3, 0.4) is 0 Å². The van der Waals surface area contributed by atoms with Gasteiger partial charge in [0.25, 0.3) is 0 Å². The first-order chi connectivity index (χ1) is 29.5. The van der Waals surface area contributed by atoms with Crippen LogP contribution in [-0.2, 0) is 5.41 Å². The summed E-state index contributed by atoms with van der Waals surface area (Å²) in [5.41, 5.74) is 18.9. The Morgan fingerprint density at radius 2 is 0.967 bits per heavy atom. The highest BCUT2D eigenvalue weighted by atomic mass is 16.3. The van der Waals surface area contributed by atoms with Crippen LogP contribution >= 0.6 is 0 Å². The monoisotopic (exact) mass is 769 g/mol. The first-order valence-electron chi connectivity index (χ1n) is 20.7. The van der Waals surface area contributed by atoms with Gasteiger partial charge in [-0.15, -0.1) is 0 Å². The Morgan fingerprint density at radius 3 is 1.75 bits per heavy atom. The van der Waals surface area contributed by atoms with E-state index in [0.29, 0.717) is 0 Å². The van der Waals surface area contributed by atoms with E-state index in [4.69, 9.17) is 8.83 Å². The molecule has 0 spiro atoms. The number of anilines is 3. The molecule has 60 heavy (non-hydrogen) atoms. The number of benzene rings is 9. The SMILES string of the molecule is CC1(C)c2ccccc2-c2cccc(-c3ccc(N(c4ccc(-c5ccc6c(c5)oc5ccccc56)cc4)c4ccc(-c5ccccc5)c5oc6ccccc6c45)cc3)c21. The van der Waals surface area contributed by atoms with Gasteiger partial charge in [0.2, 0.25) is 0 Å². The van der Waals surface area contributed by atoms with Gasteiger partial charge in [-0.3, -0.25) is 0 Å². The molecule has 12 rings (SSSR count). The van der Waals surface area contributed by atoms with Crippen molar-refractivity contribution in [3.63, 3.8) is 0 Å². The molecule has 11 aromatic rings. The molecule has 0 aliphatic heterocycles. The number of hydrogen-bond donors (Lipinski definition) is 0. The molecule has 9 aromatic carbocycles. The Morgan fingerprint density at radius 1 is 0.383 bits per heavy atom. The second-order valence-corrected chi connectivity index (χ2v) is 16.4. The van der Waals surface area contributed by atoms with Crippen LogP contribution in [-0.4, -0.2) is 0 Å². The van der Waals surface area contributed by atoms with Crippen molar-refractivity contribution in [1.29, 1.82) is 0 Å². The smallest absolute Gasteiger partial charge is 0.145 e. The fourth-order valence-corrected chi connectivity index (χ4v) is 9.86. The normalized spacial score (nSPS) is 13.0. The summed E-state index contributed by atoms with van der Waals surface area (Å²) in [6.07, 6.45) is 0. The van der Waals surface area contributed by atoms with E-state index in [1.807, 2.05) is 18.2 Å². The van der Waals surface area contributed by atoms with Crippen LogP contribution in [0.15, 0.2) is 209 Å². The molecule has 0 saturated heterocycles. The molecule has 0 radical (unpaired) electrons. The summed E-state index contributed by atoms with van der Waals surface area (Å²) in [5, 5.41) is 4.43. The van der Waals surface area contributed by atoms with E-state index in [1.165, 1.54) is 33.4 Å². The summed E-state index contributed by atoms with van der Waals surface area (Å²) in [4.78, 5) is 2.38. The number of furan rings is 2. The average Bonchev–Trinajstić information content (AvgIpc) is 3.95. The summed E-state index contributed by atoms with van der Waals surface area (Å²) >= 11 is 0. The molecule has 2 heterocycles. The molecule has 2 aromatic heterocycles. The molecule has 0 saturated carbocycles. The first kappa shape index (κ1) is 34.4. The van der Waals surface area contributed by atoms with Crippen molar-refractivity contribution in [3.05, 3.63) is 211 Å². The second kappa shape index (κ2) is 13.2. The van der Waals surface area contributed by atoms with E-state index in [9.17, 15) is 0 Å². The number of nitrogens with zero attached hydrogens (tertiary/aromatic N) is 1. The lowest BCUT2D eigenvalue weighted by Gasteiger charge is -2.28. The summed E-state index contributed by atoms with van der Waals surface area (Å²) in [5.74, 6) is 0. The van der Waals surface area contributed by atoms with Gasteiger partial charge in [-0.05, 0) is 111 Å². The van der Waals surface area contributed by atoms with Crippen molar-refractivity contribution < 1.29 is 8.83 Å². The van der Waals surface area contributed by atoms with E-state index in [1.54, 1.807) is 0 Å². The number of hydrogen-bond acceptors (Lipinski definition) is 3. The van der Waals surface area contributed by atoms with Gasteiger partial charge in [-0.2, -0.15) is 0 Å². The van der Waals surface area contributed by atoms with Gasteiger partial charge >= 0.3 is 0 Å². The molecule has 284 valence electrons. The van der Waals surface area contributed by atoms with Crippen LogP contribution in [0.4, 0.5) is 17.1 Å². The lowest BCUT2D eigenvalue weighted by molar-refractivity contribution is 0.662. The fraction of sp³-hybridized carbons (Fsp3) is 0.0526. The average molecular weight is 770 g/mol. The molecule has 1 aliphatic carbocycles. The van der Waals surface area contributed by atoms with Crippen molar-refractivity contribution in [2.24, 2.45) is 0 Å². The Balaban J connectivity index is 1.02. The molecule has 0 amide bonds. The van der Waals surface area contributed by atoms with E-state index < -0.39 is 0 Å². The molecule has 0 N–H and O–H groups in total. The maximum absolute atomic E-state index is 6.76. The van der Waals surface area contributed by atoms with Gasteiger partial charge in [-0.25, -0.2) is 0 Å². The minimum Gasteiger partial charge on any atom is -0.456 e. The van der Waals surface area contributed by atoms with Gasteiger partial charge in [0.05, 0.1) is 11.1 Å². The molecule has 0 bridgehead atoms. The van der Waals surface area contributed by atoms with Crippen LogP contribution < -0.4 is 4.90 Å². The van der Waals surface area contributed by atoms with Crippen molar-refractivity contribution in [3.8, 4) is 44.5 Å². The highest BCUT2D eigenvalue weighted by molar-refractivity contribution is 6.17. The minimum absolute atomic E-state index is 0.113. The van der Waals surface area contributed by atoms with E-state index in [-0.39, 0.29) is 5.41 Å². The molecular weight excluding hydrogens is 731 g/mol. The summed E-state index contributed by atoms with van der Waals surface area (Å²) in [6, 6.07) is 71.8. The largest absolute Gasteiger partial charge is 0.456 e. The molecule has 0 atom stereocenters. The molecular formula is C57H39NO2. The Bertz CT molecular complexity index is 3440. The molecule has 3 nitrogen and oxygen atoms in total. The topological polar surface area (TPSA) is 29.5 Å². The highest BCUT2D eigenvalue weighted by Crippen LogP contribution is 2.53. The van der Waals surface area contributed by atoms with Gasteiger partial charge in [-0.1, -0.05) is 153 Å². The van der Waals surface area contributed by atoms with Crippen LogP contribution in [0, 0.1) is 0 Å². The van der Waals surface area contributed by atoms with E-state index >= 15 is 0 Å². The Hall–Kier alpha value is -7.62. The third kappa shape index (κ3) is 5.22. The quantitative estimate of drug-likeness (QED) is 0.169. The van der Waals surface area contributed by atoms with E-state index in [2.05, 4.69) is 201 Å². The Kier molecular flexibility index (Phi) is 7.58. The lowest BCUT2D eigenvalue weighted by Crippen LogP contribution is -2.16. The van der Waals surface area contributed by atoms with Crippen LogP contribution in [0.2, 0.25) is 0 Å². The fourth-order valence-electron chi connectivity index (χ4n) is 9.86. The van der Waals surface area contributed by atoms with Crippen molar-refractivity contribution in [2.75, 3.05) is 4.90 Å². The standard InChI is InChI=1S/C57H39NO2/c1-57(2)49-20-9-6-15-44(49)47-19-12-18-42(55(47)57)38-25-30-41(31-26-38)58(40-28-23-36(24-29-40)39-27-32-46-45-16-7-10-21-51(45)59-53(46)35-39)50-34-33-43(37-13-4-3-5-14-37)56-54(50)48-17-8-11-22-52(48)60-56/h3-35H,1-2H3. The molecule has 0 fully saturated rings. The maximum atomic E-state index is 6.76. The van der Waals surface area contributed by atoms with Gasteiger partial charge in [0.15, 0.2) is 0 Å². The second-order valence-electron chi connectivity index (χ2n) is 16.4.